The number of carbonyl (C=O) groups is 2. The maximum atomic E-state index is 11.4. The average Bonchev–Trinajstić information content (AvgIpc) is 2.26. The third-order valence-electron chi connectivity index (χ3n) is 2.44. The van der Waals surface area contributed by atoms with Gasteiger partial charge in [0.2, 0.25) is 5.78 Å². The van der Waals surface area contributed by atoms with Crippen LogP contribution in [0.15, 0.2) is 30.5 Å². The number of allylic oxidation sites excluding steroid dienone is 1. The second kappa shape index (κ2) is 5.26. The molecule has 0 aromatic heterocycles. The highest BCUT2D eigenvalue weighted by atomic mass is 16.2. The lowest BCUT2D eigenvalue weighted by atomic mass is 9.96. The molecule has 84 valence electrons. The van der Waals surface area contributed by atoms with Gasteiger partial charge < -0.3 is 5.73 Å². The summed E-state index contributed by atoms with van der Waals surface area (Å²) in [6.45, 7) is 3.21. The van der Waals surface area contributed by atoms with E-state index in [1.165, 1.54) is 13.1 Å². The summed E-state index contributed by atoms with van der Waals surface area (Å²) in [5, 5.41) is 0. The Bertz CT molecular complexity index is 447. The number of Topliss-reactive ketones (excluding diaryl/α,β-unsaturated/α-hetero) is 2. The number of hydrogen-bond acceptors (Lipinski definition) is 3. The van der Waals surface area contributed by atoms with Crippen LogP contribution < -0.4 is 5.73 Å². The lowest BCUT2D eigenvalue weighted by molar-refractivity contribution is -0.134. The third kappa shape index (κ3) is 2.79. The van der Waals surface area contributed by atoms with Crippen LogP contribution >= 0.6 is 0 Å². The molecule has 3 nitrogen and oxygen atoms in total. The fraction of sp³-hybridized carbons (Fsp3) is 0.231. The molecule has 1 rings (SSSR count). The SMILES string of the molecule is CC(=O)C(=O)C/C(=C/N)c1ccccc1C. The van der Waals surface area contributed by atoms with E-state index < -0.39 is 11.6 Å². The van der Waals surface area contributed by atoms with Gasteiger partial charge >= 0.3 is 0 Å². The minimum absolute atomic E-state index is 0.0662. The summed E-state index contributed by atoms with van der Waals surface area (Å²) in [4.78, 5) is 22.2. The fourth-order valence-electron chi connectivity index (χ4n) is 1.47. The Morgan fingerprint density at radius 1 is 1.31 bits per heavy atom. The molecule has 0 radical (unpaired) electrons. The number of benzene rings is 1. The van der Waals surface area contributed by atoms with Gasteiger partial charge in [-0.2, -0.15) is 0 Å². The van der Waals surface area contributed by atoms with E-state index in [1.807, 2.05) is 31.2 Å². The molecule has 3 heteroatoms. The van der Waals surface area contributed by atoms with E-state index in [-0.39, 0.29) is 6.42 Å². The average molecular weight is 217 g/mol. The van der Waals surface area contributed by atoms with Crippen molar-refractivity contribution in [2.75, 3.05) is 0 Å². The van der Waals surface area contributed by atoms with Crippen molar-refractivity contribution in [1.29, 1.82) is 0 Å². The number of hydrogen-bond donors (Lipinski definition) is 1. The Labute approximate surface area is 95.0 Å². The quantitative estimate of drug-likeness (QED) is 0.783. The van der Waals surface area contributed by atoms with Crippen molar-refractivity contribution in [1.82, 2.24) is 0 Å². The van der Waals surface area contributed by atoms with Crippen molar-refractivity contribution in [2.24, 2.45) is 5.73 Å². The van der Waals surface area contributed by atoms with E-state index in [1.54, 1.807) is 0 Å². The van der Waals surface area contributed by atoms with Gasteiger partial charge in [-0.25, -0.2) is 0 Å². The molecule has 0 aliphatic heterocycles. The van der Waals surface area contributed by atoms with E-state index in [0.717, 1.165) is 11.1 Å². The van der Waals surface area contributed by atoms with Crippen LogP contribution in [0.3, 0.4) is 0 Å². The zero-order chi connectivity index (χ0) is 12.1. The monoisotopic (exact) mass is 217 g/mol. The normalized spacial score (nSPS) is 11.2. The molecule has 0 heterocycles. The van der Waals surface area contributed by atoms with Crippen LogP contribution in [-0.4, -0.2) is 11.6 Å². The van der Waals surface area contributed by atoms with Crippen molar-refractivity contribution in [3.8, 4) is 0 Å². The molecule has 1 aromatic rings. The molecule has 16 heavy (non-hydrogen) atoms. The van der Waals surface area contributed by atoms with Crippen LogP contribution in [0.5, 0.6) is 0 Å². The van der Waals surface area contributed by atoms with Crippen LogP contribution in [0.4, 0.5) is 0 Å². The molecule has 0 saturated heterocycles. The highest BCUT2D eigenvalue weighted by Gasteiger charge is 2.13. The minimum atomic E-state index is -0.437. The first-order chi connectivity index (χ1) is 7.56. The molecule has 1 aromatic carbocycles. The van der Waals surface area contributed by atoms with Crippen molar-refractivity contribution in [3.05, 3.63) is 41.6 Å². The van der Waals surface area contributed by atoms with Crippen molar-refractivity contribution in [2.45, 2.75) is 20.3 Å². The van der Waals surface area contributed by atoms with Gasteiger partial charge in [-0.3, -0.25) is 9.59 Å². The van der Waals surface area contributed by atoms with E-state index in [2.05, 4.69) is 0 Å². The molecule has 0 bridgehead atoms. The van der Waals surface area contributed by atoms with Crippen LogP contribution in [0.25, 0.3) is 5.57 Å². The van der Waals surface area contributed by atoms with E-state index in [9.17, 15) is 9.59 Å². The van der Waals surface area contributed by atoms with Gasteiger partial charge in [0.1, 0.15) is 0 Å². The molecule has 0 aliphatic carbocycles. The molecule has 0 amide bonds. The van der Waals surface area contributed by atoms with Gasteiger partial charge in [-0.05, 0) is 29.8 Å². The summed E-state index contributed by atoms with van der Waals surface area (Å²) >= 11 is 0. The Balaban J connectivity index is 2.98. The molecule has 0 fully saturated rings. The third-order valence-corrected chi connectivity index (χ3v) is 2.44. The summed E-state index contributed by atoms with van der Waals surface area (Å²) < 4.78 is 0. The van der Waals surface area contributed by atoms with Gasteiger partial charge in [0.15, 0.2) is 5.78 Å². The first-order valence-corrected chi connectivity index (χ1v) is 5.06. The second-order valence-corrected chi connectivity index (χ2v) is 3.66. The highest BCUT2D eigenvalue weighted by Crippen LogP contribution is 2.21. The Morgan fingerprint density at radius 2 is 1.94 bits per heavy atom. The van der Waals surface area contributed by atoms with Gasteiger partial charge in [-0.1, -0.05) is 24.3 Å². The first-order valence-electron chi connectivity index (χ1n) is 5.06. The number of ketones is 2. The summed E-state index contributed by atoms with van der Waals surface area (Å²) in [7, 11) is 0. The van der Waals surface area contributed by atoms with Crippen LogP contribution in [0, 0.1) is 6.92 Å². The van der Waals surface area contributed by atoms with E-state index in [4.69, 9.17) is 5.73 Å². The summed E-state index contributed by atoms with van der Waals surface area (Å²) in [5.74, 6) is -0.854. The molecule has 0 saturated carbocycles. The number of carbonyl (C=O) groups excluding carboxylic acids is 2. The van der Waals surface area contributed by atoms with E-state index in [0.29, 0.717) is 5.57 Å². The standard InChI is InChI=1S/C13H15NO2/c1-9-5-3-4-6-12(9)11(8-14)7-13(16)10(2)15/h3-6,8H,7,14H2,1-2H3/b11-8-. The van der Waals surface area contributed by atoms with E-state index >= 15 is 0 Å². The molecule has 0 spiro atoms. The first kappa shape index (κ1) is 12.2. The lowest BCUT2D eigenvalue weighted by Crippen LogP contribution is -2.10. The van der Waals surface area contributed by atoms with Gasteiger partial charge in [-0.15, -0.1) is 0 Å². The zero-order valence-electron chi connectivity index (χ0n) is 9.49. The number of rotatable bonds is 4. The maximum absolute atomic E-state index is 11.4. The summed E-state index contributed by atoms with van der Waals surface area (Å²) in [6.07, 6.45) is 1.46. The smallest absolute Gasteiger partial charge is 0.202 e. The van der Waals surface area contributed by atoms with Crippen LogP contribution in [0.2, 0.25) is 0 Å². The molecular formula is C13H15NO2. The van der Waals surface area contributed by atoms with Gasteiger partial charge in [0, 0.05) is 13.3 Å². The predicted molar refractivity (Wildman–Crippen MR) is 63.6 cm³/mol. The van der Waals surface area contributed by atoms with Crippen molar-refractivity contribution < 1.29 is 9.59 Å². The molecule has 0 atom stereocenters. The van der Waals surface area contributed by atoms with Gasteiger partial charge in [0.05, 0.1) is 0 Å². The van der Waals surface area contributed by atoms with Crippen LogP contribution in [-0.2, 0) is 9.59 Å². The highest BCUT2D eigenvalue weighted by molar-refractivity contribution is 6.37. The Kier molecular flexibility index (Phi) is 4.00. The van der Waals surface area contributed by atoms with Crippen LogP contribution in [0.1, 0.15) is 24.5 Å². The minimum Gasteiger partial charge on any atom is -0.404 e. The Hall–Kier alpha value is -1.90. The lowest BCUT2D eigenvalue weighted by Gasteiger charge is -2.08. The van der Waals surface area contributed by atoms with Crippen molar-refractivity contribution >= 4 is 17.1 Å². The molecule has 2 N–H and O–H groups in total. The largest absolute Gasteiger partial charge is 0.404 e. The van der Waals surface area contributed by atoms with Gasteiger partial charge in [0.25, 0.3) is 0 Å². The fourth-order valence-corrected chi connectivity index (χ4v) is 1.47. The molecule has 0 unspecified atom stereocenters. The molecular weight excluding hydrogens is 202 g/mol. The predicted octanol–water partition coefficient (Wildman–Crippen LogP) is 1.84. The molecule has 0 aliphatic rings. The second-order valence-electron chi connectivity index (χ2n) is 3.66. The number of nitrogens with two attached hydrogens (primary N) is 1. The Morgan fingerprint density at radius 3 is 2.44 bits per heavy atom. The topological polar surface area (TPSA) is 60.2 Å². The summed E-state index contributed by atoms with van der Waals surface area (Å²) in [6, 6.07) is 7.63. The maximum Gasteiger partial charge on any atom is 0.202 e. The zero-order valence-corrected chi connectivity index (χ0v) is 9.49. The number of aryl methyl sites for hydroxylation is 1. The summed E-state index contributed by atoms with van der Waals surface area (Å²) in [5.41, 5.74) is 8.14. The van der Waals surface area contributed by atoms with Crippen molar-refractivity contribution in [3.63, 3.8) is 0 Å².